The van der Waals surface area contributed by atoms with Crippen molar-refractivity contribution in [1.82, 2.24) is 4.48 Å². The standard InChI is InChI=1S/C24H20N.C14H16N2O8.Fe/c1-5-13-21(14-6-1)25(22-15-7-2-8-16-22,23-17-9-3-10-18-23)24-19-11-4-12-20-24;15-14-8(4-12(21)22)7(3-11(19)20)6(2-10(17)18)1-9(14)16-5-13(23)24;/h1-20H;1,16H,2-5,15H2,(H,17,18)(H,19,20)(H,21,22)(H,23,24);/q+1;;+3/p-4. The first-order chi connectivity index (χ1) is 23.5. The van der Waals surface area contributed by atoms with Crippen LogP contribution in [0.4, 0.5) is 34.1 Å². The minimum absolute atomic E-state index is 0. The molecule has 0 aliphatic rings. The van der Waals surface area contributed by atoms with Crippen LogP contribution in [-0.4, -0.2) is 30.4 Å². The quantitative estimate of drug-likeness (QED) is 0.102. The number of para-hydroxylation sites is 4. The smallest absolute Gasteiger partial charge is 0.550 e. The van der Waals surface area contributed by atoms with Gasteiger partial charge in [0.15, 0.2) is 0 Å². The van der Waals surface area contributed by atoms with Crippen LogP contribution in [-0.2, 0) is 55.5 Å². The number of carbonyl (C=O) groups excluding carboxylic acids is 4. The van der Waals surface area contributed by atoms with Gasteiger partial charge in [-0.1, -0.05) is 72.8 Å². The summed E-state index contributed by atoms with van der Waals surface area (Å²) >= 11 is 0. The number of nitrogens with zero attached hydrogens (tertiary/aromatic N) is 1. The monoisotopic (exact) mass is 714 g/mol. The number of hydrogen-bond acceptors (Lipinski definition) is 10. The summed E-state index contributed by atoms with van der Waals surface area (Å²) in [5.41, 5.74) is 9.85. The summed E-state index contributed by atoms with van der Waals surface area (Å²) in [4.78, 5) is 43.1. The number of carboxylic acids is 4. The number of quaternary nitrogens is 1. The Morgan fingerprint density at radius 1 is 0.520 bits per heavy atom. The number of nitrogens with one attached hydrogen (secondary N) is 1. The third-order valence-corrected chi connectivity index (χ3v) is 7.66. The minimum atomic E-state index is -1.59. The molecular weight excluding hydrogens is 682 g/mol. The molecule has 0 atom stereocenters. The van der Waals surface area contributed by atoms with Gasteiger partial charge in [0, 0.05) is 85.7 Å². The van der Waals surface area contributed by atoms with Crippen molar-refractivity contribution in [1.29, 1.82) is 0 Å². The third kappa shape index (κ3) is 9.36. The number of nitrogens with two attached hydrogens (primary N) is 1. The van der Waals surface area contributed by atoms with Gasteiger partial charge in [0.25, 0.3) is 0 Å². The molecule has 1 radical (unpaired) electrons. The van der Waals surface area contributed by atoms with Crippen LogP contribution in [0.25, 0.3) is 0 Å². The maximum absolute atomic E-state index is 10.9. The Morgan fingerprint density at radius 3 is 1.18 bits per heavy atom. The Balaban J connectivity index is 0.000000266. The molecule has 0 spiro atoms. The van der Waals surface area contributed by atoms with Gasteiger partial charge in [0.1, 0.15) is 22.7 Å². The predicted molar refractivity (Wildman–Crippen MR) is 177 cm³/mol. The first-order valence-electron chi connectivity index (χ1n) is 15.1. The zero-order valence-corrected chi connectivity index (χ0v) is 27.7. The number of hydrogen-bond donors (Lipinski definition) is 2. The van der Waals surface area contributed by atoms with Crippen LogP contribution in [0, 0.1) is 0 Å². The number of aliphatic carboxylic acids is 4. The van der Waals surface area contributed by atoms with Gasteiger partial charge in [-0.05, 0) is 22.8 Å². The Hall–Kier alpha value is -5.94. The maximum atomic E-state index is 10.9. The third-order valence-electron chi connectivity index (χ3n) is 7.66. The van der Waals surface area contributed by atoms with E-state index < -0.39 is 49.7 Å². The van der Waals surface area contributed by atoms with E-state index in [0.29, 0.717) is 4.48 Å². The predicted octanol–water partition coefficient (Wildman–Crippen LogP) is 1.29. The molecule has 0 aliphatic carbocycles. The maximum Gasteiger partial charge on any atom is 3.00 e. The van der Waals surface area contributed by atoms with Gasteiger partial charge in [0.05, 0.1) is 23.9 Å². The van der Waals surface area contributed by atoms with E-state index in [2.05, 4.69) is 127 Å². The molecule has 12 heteroatoms. The molecular formula is C38H32FeN3O8. The molecule has 0 aliphatic heterocycles. The molecule has 5 aromatic carbocycles. The van der Waals surface area contributed by atoms with Crippen molar-refractivity contribution in [3.63, 3.8) is 0 Å². The summed E-state index contributed by atoms with van der Waals surface area (Å²) in [6.07, 6.45) is -2.31. The van der Waals surface area contributed by atoms with Gasteiger partial charge in [-0.2, -0.15) is 4.48 Å². The van der Waals surface area contributed by atoms with E-state index in [9.17, 15) is 39.6 Å². The second kappa shape index (κ2) is 18.0. The molecule has 0 saturated heterocycles. The van der Waals surface area contributed by atoms with Crippen molar-refractivity contribution in [2.45, 2.75) is 19.3 Å². The molecule has 0 heterocycles. The van der Waals surface area contributed by atoms with Gasteiger partial charge in [0.2, 0.25) is 0 Å². The van der Waals surface area contributed by atoms with Crippen molar-refractivity contribution >= 4 is 58.0 Å². The minimum Gasteiger partial charge on any atom is -0.550 e. The van der Waals surface area contributed by atoms with E-state index in [1.54, 1.807) is 0 Å². The topological polar surface area (TPSA) is 199 Å². The molecule has 0 saturated carbocycles. The Labute approximate surface area is 299 Å². The van der Waals surface area contributed by atoms with E-state index in [1.807, 2.05) is 0 Å². The van der Waals surface area contributed by atoms with Crippen LogP contribution in [0.5, 0.6) is 0 Å². The first kappa shape index (κ1) is 38.5. The summed E-state index contributed by atoms with van der Waals surface area (Å²) in [5.74, 6) is -6.21. The molecule has 0 aromatic heterocycles. The molecule has 0 bridgehead atoms. The summed E-state index contributed by atoms with van der Waals surface area (Å²) < 4.78 is 0.559. The molecule has 0 amide bonds. The SMILES string of the molecule is Nc1c(NCC(=O)[O-])cc(CC(=O)[O-])c(CC(=O)[O-])c1CC(=O)[O-].[Fe+3].c1ccc([N+](c2ccccc2)(c2ccccc2)c2ccccc2)cc1. The summed E-state index contributed by atoms with van der Waals surface area (Å²) in [6.45, 7) is -0.681. The van der Waals surface area contributed by atoms with Gasteiger partial charge in [-0.25, -0.2) is 0 Å². The van der Waals surface area contributed by atoms with Crippen molar-refractivity contribution in [3.8, 4) is 0 Å². The second-order valence-corrected chi connectivity index (χ2v) is 10.8. The zero-order chi connectivity index (χ0) is 35.4. The normalized spacial score (nSPS) is 10.5. The van der Waals surface area contributed by atoms with Crippen molar-refractivity contribution in [2.75, 3.05) is 17.6 Å². The number of rotatable bonds is 13. The van der Waals surface area contributed by atoms with Crippen LogP contribution in [0.2, 0.25) is 0 Å². The van der Waals surface area contributed by atoms with E-state index in [1.165, 1.54) is 22.7 Å². The van der Waals surface area contributed by atoms with E-state index in [4.69, 9.17) is 5.73 Å². The van der Waals surface area contributed by atoms with Crippen LogP contribution < -0.4 is 36.0 Å². The molecule has 0 fully saturated rings. The van der Waals surface area contributed by atoms with Gasteiger partial charge >= 0.3 is 17.1 Å². The van der Waals surface area contributed by atoms with Gasteiger partial charge in [-0.15, -0.1) is 0 Å². The fourth-order valence-electron chi connectivity index (χ4n) is 5.70. The fraction of sp³-hybridized carbons (Fsp3) is 0.105. The summed E-state index contributed by atoms with van der Waals surface area (Å²) in [5, 5.41) is 45.5. The zero-order valence-electron chi connectivity index (χ0n) is 26.6. The molecule has 5 rings (SSSR count). The van der Waals surface area contributed by atoms with Crippen molar-refractivity contribution < 1.29 is 56.7 Å². The number of benzene rings is 5. The molecule has 11 nitrogen and oxygen atoms in total. The van der Waals surface area contributed by atoms with Crippen LogP contribution in [0.1, 0.15) is 16.7 Å². The van der Waals surface area contributed by atoms with E-state index in [-0.39, 0.29) is 45.1 Å². The van der Waals surface area contributed by atoms with Gasteiger partial charge < -0.3 is 50.7 Å². The summed E-state index contributed by atoms with van der Waals surface area (Å²) in [7, 11) is 0. The van der Waals surface area contributed by atoms with Crippen molar-refractivity contribution in [3.05, 3.63) is 144 Å². The Bertz CT molecular complexity index is 1750. The average molecular weight is 715 g/mol. The van der Waals surface area contributed by atoms with E-state index in [0.717, 1.165) is 6.07 Å². The largest absolute Gasteiger partial charge is 3.00 e. The Morgan fingerprint density at radius 2 is 0.860 bits per heavy atom. The van der Waals surface area contributed by atoms with Crippen LogP contribution >= 0.6 is 0 Å². The molecule has 5 aromatic rings. The number of carbonyl (C=O) groups is 4. The first-order valence-corrected chi connectivity index (χ1v) is 15.1. The molecule has 0 unspecified atom stereocenters. The Kier molecular flexibility index (Phi) is 13.9. The number of anilines is 2. The molecule has 3 N–H and O–H groups in total. The van der Waals surface area contributed by atoms with Crippen LogP contribution in [0.15, 0.2) is 127 Å². The van der Waals surface area contributed by atoms with Gasteiger partial charge in [-0.3, -0.25) is 0 Å². The number of carboxylic acid groups (broad SMARTS) is 4. The van der Waals surface area contributed by atoms with Crippen molar-refractivity contribution in [2.24, 2.45) is 0 Å². The summed E-state index contributed by atoms with van der Waals surface area (Å²) in [6, 6.07) is 43.9. The molecule has 50 heavy (non-hydrogen) atoms. The average Bonchev–Trinajstić information content (AvgIpc) is 3.09. The molecule has 255 valence electrons. The van der Waals surface area contributed by atoms with E-state index >= 15 is 0 Å². The fourth-order valence-corrected chi connectivity index (χ4v) is 5.70. The van der Waals surface area contributed by atoms with Crippen LogP contribution in [0.3, 0.4) is 0 Å². The number of nitrogen functional groups attached to an aromatic ring is 1. The second-order valence-electron chi connectivity index (χ2n) is 10.8.